The van der Waals surface area contributed by atoms with Gasteiger partial charge in [-0.2, -0.15) is 0 Å². The zero-order chi connectivity index (χ0) is 19.5. The number of rotatable bonds is 5. The van der Waals surface area contributed by atoms with Crippen molar-refractivity contribution in [2.24, 2.45) is 5.92 Å². The van der Waals surface area contributed by atoms with E-state index in [1.165, 1.54) is 31.2 Å². The number of aliphatic carboxylic acids is 1. The summed E-state index contributed by atoms with van der Waals surface area (Å²) in [4.78, 5) is 31.5. The molecule has 0 bridgehead atoms. The molecule has 0 aromatic carbocycles. The number of hydrogen-bond acceptors (Lipinski definition) is 6. The van der Waals surface area contributed by atoms with Gasteiger partial charge in [-0.3, -0.25) is 10.1 Å². The number of aryl methyl sites for hydroxylation is 2. The van der Waals surface area contributed by atoms with Crippen LogP contribution in [0, 0.1) is 12.8 Å². The van der Waals surface area contributed by atoms with Gasteiger partial charge in [0.2, 0.25) is 16.0 Å². The van der Waals surface area contributed by atoms with Crippen molar-refractivity contribution in [2.75, 3.05) is 5.32 Å². The van der Waals surface area contributed by atoms with Gasteiger partial charge >= 0.3 is 12.0 Å². The minimum absolute atomic E-state index is 0.0496. The molecule has 3 N–H and O–H groups in total. The van der Waals surface area contributed by atoms with Gasteiger partial charge in [0.15, 0.2) is 0 Å². The Hall–Kier alpha value is -2.75. The summed E-state index contributed by atoms with van der Waals surface area (Å²) in [5, 5.41) is 11.5. The molecule has 0 saturated heterocycles. The molecule has 2 amide bonds. The molecule has 0 fully saturated rings. The highest BCUT2D eigenvalue weighted by Crippen LogP contribution is 2.32. The predicted molar refractivity (Wildman–Crippen MR) is 95.0 cm³/mol. The first kappa shape index (κ1) is 19.6. The molecule has 1 aliphatic rings. The number of carbonyl (C=O) groups excluding carboxylic acids is 1. The van der Waals surface area contributed by atoms with Crippen molar-refractivity contribution in [1.82, 2.24) is 14.7 Å². The van der Waals surface area contributed by atoms with Gasteiger partial charge in [-0.05, 0) is 25.8 Å². The molecule has 0 radical (unpaired) electrons. The second-order valence-electron chi connectivity index (χ2n) is 5.96. The Labute approximate surface area is 151 Å². The molecule has 0 spiro atoms. The molecule has 1 aliphatic carbocycles. The molecule has 10 heteroatoms. The van der Waals surface area contributed by atoms with Gasteiger partial charge in [0, 0.05) is 11.9 Å². The van der Waals surface area contributed by atoms with Crippen LogP contribution in [0.1, 0.15) is 25.1 Å². The van der Waals surface area contributed by atoms with Crippen LogP contribution in [-0.4, -0.2) is 40.2 Å². The van der Waals surface area contributed by atoms with Crippen molar-refractivity contribution in [2.45, 2.75) is 31.9 Å². The fraction of sp³-hybridized carbons (Fsp3) is 0.375. The Kier molecular flexibility index (Phi) is 5.45. The van der Waals surface area contributed by atoms with E-state index in [1.54, 1.807) is 13.1 Å². The molecule has 1 heterocycles. The summed E-state index contributed by atoms with van der Waals surface area (Å²) in [5.74, 6) is -2.69. The van der Waals surface area contributed by atoms with Crippen molar-refractivity contribution in [1.29, 1.82) is 0 Å². The summed E-state index contributed by atoms with van der Waals surface area (Å²) < 4.78 is 25.3. The monoisotopic (exact) mass is 380 g/mol. The number of carbonyl (C=O) groups is 2. The molecule has 9 nitrogen and oxygen atoms in total. The highest BCUT2D eigenvalue weighted by Gasteiger charge is 2.48. The number of urea groups is 1. The van der Waals surface area contributed by atoms with Gasteiger partial charge < -0.3 is 5.11 Å². The quantitative estimate of drug-likeness (QED) is 0.701. The van der Waals surface area contributed by atoms with Crippen LogP contribution in [0.2, 0.25) is 0 Å². The van der Waals surface area contributed by atoms with Gasteiger partial charge in [0.1, 0.15) is 4.75 Å². The van der Waals surface area contributed by atoms with E-state index in [0.717, 1.165) is 12.0 Å². The summed E-state index contributed by atoms with van der Waals surface area (Å²) in [6, 6.07) is -1.07. The number of amides is 2. The Morgan fingerprint density at radius 1 is 1.35 bits per heavy atom. The van der Waals surface area contributed by atoms with Gasteiger partial charge in [-0.25, -0.2) is 27.9 Å². The van der Waals surface area contributed by atoms with Crippen LogP contribution in [-0.2, 0) is 21.2 Å². The predicted octanol–water partition coefficient (Wildman–Crippen LogP) is 1.38. The summed E-state index contributed by atoms with van der Waals surface area (Å²) >= 11 is 0. The summed E-state index contributed by atoms with van der Waals surface area (Å²) in [7, 11) is -4.36. The maximum absolute atomic E-state index is 12.6. The molecular formula is C16H20N4O5S. The molecule has 26 heavy (non-hydrogen) atoms. The number of carboxylic acids is 1. The Morgan fingerprint density at radius 2 is 2.04 bits per heavy atom. The normalized spacial score (nSPS) is 22.0. The lowest BCUT2D eigenvalue weighted by atomic mass is 9.89. The molecule has 140 valence electrons. The highest BCUT2D eigenvalue weighted by molar-refractivity contribution is 7.91. The van der Waals surface area contributed by atoms with Crippen molar-refractivity contribution in [3.05, 3.63) is 41.8 Å². The average Bonchev–Trinajstić information content (AvgIpc) is 2.54. The number of carboxylic acid groups (broad SMARTS) is 1. The van der Waals surface area contributed by atoms with Crippen molar-refractivity contribution < 1.29 is 23.1 Å². The van der Waals surface area contributed by atoms with Gasteiger partial charge in [0.05, 0.1) is 5.92 Å². The second kappa shape index (κ2) is 7.24. The van der Waals surface area contributed by atoms with Crippen LogP contribution in [0.15, 0.2) is 30.5 Å². The third kappa shape index (κ3) is 3.74. The van der Waals surface area contributed by atoms with E-state index in [4.69, 9.17) is 0 Å². The first-order valence-corrected chi connectivity index (χ1v) is 9.33. The molecule has 0 aliphatic heterocycles. The Morgan fingerprint density at radius 3 is 2.62 bits per heavy atom. The number of nitrogens with one attached hydrogen (secondary N) is 2. The topological polar surface area (TPSA) is 138 Å². The molecule has 0 saturated carbocycles. The third-order valence-electron chi connectivity index (χ3n) is 4.22. The van der Waals surface area contributed by atoms with Crippen LogP contribution >= 0.6 is 0 Å². The largest absolute Gasteiger partial charge is 0.481 e. The Bertz CT molecular complexity index is 894. The number of hydrogen-bond donors (Lipinski definition) is 3. The van der Waals surface area contributed by atoms with Gasteiger partial charge in [-0.1, -0.05) is 31.2 Å². The van der Waals surface area contributed by atoms with Gasteiger partial charge in [0.25, 0.3) is 0 Å². The van der Waals surface area contributed by atoms with Crippen LogP contribution in [0.3, 0.4) is 0 Å². The zero-order valence-electron chi connectivity index (χ0n) is 14.6. The van der Waals surface area contributed by atoms with E-state index in [9.17, 15) is 23.1 Å². The van der Waals surface area contributed by atoms with Crippen molar-refractivity contribution in [3.8, 4) is 0 Å². The number of allylic oxidation sites excluding steroid dienone is 2. The number of aromatic nitrogens is 2. The Balaban J connectivity index is 2.19. The van der Waals surface area contributed by atoms with Crippen molar-refractivity contribution in [3.63, 3.8) is 0 Å². The highest BCUT2D eigenvalue weighted by atomic mass is 32.2. The smallest absolute Gasteiger partial charge is 0.335 e. The van der Waals surface area contributed by atoms with E-state index in [0.29, 0.717) is 5.69 Å². The zero-order valence-corrected chi connectivity index (χ0v) is 15.4. The minimum atomic E-state index is -4.36. The SMILES string of the molecule is CCc1cnc(NC(=O)NS(=O)(=O)C2(C)C=CC=CC2C(=O)O)nc1C. The lowest BCUT2D eigenvalue weighted by molar-refractivity contribution is -0.140. The fourth-order valence-corrected chi connectivity index (χ4v) is 3.85. The van der Waals surface area contributed by atoms with Gasteiger partial charge in [-0.15, -0.1) is 0 Å². The first-order chi connectivity index (χ1) is 12.1. The molecule has 2 rings (SSSR count). The van der Waals surface area contributed by atoms with E-state index in [1.807, 2.05) is 11.6 Å². The number of anilines is 1. The summed E-state index contributed by atoms with van der Waals surface area (Å²) in [6.45, 7) is 4.92. The van der Waals surface area contributed by atoms with E-state index < -0.39 is 32.7 Å². The molecule has 1 aromatic heterocycles. The average molecular weight is 380 g/mol. The molecule has 1 aromatic rings. The van der Waals surface area contributed by atoms with Crippen LogP contribution in [0.25, 0.3) is 0 Å². The number of nitrogens with zero attached hydrogens (tertiary/aromatic N) is 2. The lowest BCUT2D eigenvalue weighted by Gasteiger charge is -2.31. The second-order valence-corrected chi connectivity index (χ2v) is 8.05. The molecular weight excluding hydrogens is 360 g/mol. The van der Waals surface area contributed by atoms with Crippen LogP contribution in [0.4, 0.5) is 10.7 Å². The van der Waals surface area contributed by atoms with Crippen molar-refractivity contribution >= 4 is 28.0 Å². The maximum atomic E-state index is 12.6. The van der Waals surface area contributed by atoms with E-state index >= 15 is 0 Å². The van der Waals surface area contributed by atoms with Crippen LogP contribution < -0.4 is 10.0 Å². The molecule has 2 atom stereocenters. The van der Waals surface area contributed by atoms with E-state index in [2.05, 4.69) is 15.3 Å². The van der Waals surface area contributed by atoms with E-state index in [-0.39, 0.29) is 5.95 Å². The minimum Gasteiger partial charge on any atom is -0.481 e. The maximum Gasteiger partial charge on any atom is 0.335 e. The first-order valence-electron chi connectivity index (χ1n) is 7.85. The standard InChI is InChI=1S/C16H20N4O5S/c1-4-11-9-17-14(18-10(11)2)19-15(23)20-26(24,25)16(3)8-6-5-7-12(16)13(21)22/h5-9,12H,4H2,1-3H3,(H,21,22)(H2,17,18,19,20,23). The third-order valence-corrected chi connectivity index (χ3v) is 6.22. The number of sulfonamides is 1. The summed E-state index contributed by atoms with van der Waals surface area (Å²) in [5.41, 5.74) is 1.57. The fourth-order valence-electron chi connectivity index (χ4n) is 2.56. The van der Waals surface area contributed by atoms with Crippen LogP contribution in [0.5, 0.6) is 0 Å². The molecule has 2 unspecified atom stereocenters. The summed E-state index contributed by atoms with van der Waals surface area (Å²) in [6.07, 6.45) is 7.63. The lowest BCUT2D eigenvalue weighted by Crippen LogP contribution is -2.52.